The molecular formula is C14H15FN2O2. The largest absolute Gasteiger partial charge is 0.481 e. The summed E-state index contributed by atoms with van der Waals surface area (Å²) in [5.74, 6) is -1.12. The first-order chi connectivity index (χ1) is 8.99. The number of aromatic nitrogens is 2. The monoisotopic (exact) mass is 262 g/mol. The number of carbonyl (C=O) groups is 1. The summed E-state index contributed by atoms with van der Waals surface area (Å²) in [5, 5.41) is 13.1. The molecule has 0 radical (unpaired) electrons. The van der Waals surface area contributed by atoms with Crippen LogP contribution in [0.3, 0.4) is 0 Å². The van der Waals surface area contributed by atoms with E-state index in [4.69, 9.17) is 5.11 Å². The molecule has 0 amide bonds. The van der Waals surface area contributed by atoms with Gasteiger partial charge in [0.15, 0.2) is 0 Å². The molecule has 5 heteroatoms. The molecule has 1 aromatic carbocycles. The van der Waals surface area contributed by atoms with Crippen LogP contribution in [0.2, 0.25) is 0 Å². The standard InChI is InChI=1S/C14H15FN2O2/c1-9-12(7-8-13(18)19)16-17(2)14(9)10-3-5-11(15)6-4-10/h3-6H,7-8H2,1-2H3,(H,18,19). The van der Waals surface area contributed by atoms with Crippen LogP contribution in [-0.4, -0.2) is 20.9 Å². The minimum absolute atomic E-state index is 0.0563. The van der Waals surface area contributed by atoms with Gasteiger partial charge in [0, 0.05) is 19.0 Å². The van der Waals surface area contributed by atoms with Gasteiger partial charge in [-0.05, 0) is 36.8 Å². The maximum absolute atomic E-state index is 12.9. The fourth-order valence-electron chi connectivity index (χ4n) is 2.16. The lowest BCUT2D eigenvalue weighted by Gasteiger charge is -2.03. The van der Waals surface area contributed by atoms with Crippen LogP contribution in [0.5, 0.6) is 0 Å². The molecular weight excluding hydrogens is 247 g/mol. The third-order valence-electron chi connectivity index (χ3n) is 3.08. The molecule has 0 aliphatic carbocycles. The molecule has 1 heterocycles. The van der Waals surface area contributed by atoms with Crippen LogP contribution in [0.25, 0.3) is 11.3 Å². The predicted octanol–water partition coefficient (Wildman–Crippen LogP) is 2.55. The van der Waals surface area contributed by atoms with Crippen molar-refractivity contribution in [3.05, 3.63) is 41.3 Å². The SMILES string of the molecule is Cc1c(CCC(=O)O)nn(C)c1-c1ccc(F)cc1. The summed E-state index contributed by atoms with van der Waals surface area (Å²) in [5.41, 5.74) is 3.47. The molecule has 0 aliphatic heterocycles. The molecule has 2 aromatic rings. The van der Waals surface area contributed by atoms with Crippen LogP contribution in [0, 0.1) is 12.7 Å². The van der Waals surface area contributed by atoms with Gasteiger partial charge in [0.1, 0.15) is 5.82 Å². The lowest BCUT2D eigenvalue weighted by Crippen LogP contribution is -1.99. The summed E-state index contributed by atoms with van der Waals surface area (Å²) in [4.78, 5) is 10.6. The number of hydrogen-bond donors (Lipinski definition) is 1. The number of aliphatic carboxylic acids is 1. The van der Waals surface area contributed by atoms with Crippen molar-refractivity contribution >= 4 is 5.97 Å². The Morgan fingerprint density at radius 3 is 2.58 bits per heavy atom. The molecule has 0 fully saturated rings. The van der Waals surface area contributed by atoms with Crippen molar-refractivity contribution in [3.8, 4) is 11.3 Å². The van der Waals surface area contributed by atoms with E-state index in [0.29, 0.717) is 6.42 Å². The van der Waals surface area contributed by atoms with Crippen molar-refractivity contribution in [3.63, 3.8) is 0 Å². The van der Waals surface area contributed by atoms with Gasteiger partial charge in [0.2, 0.25) is 0 Å². The topological polar surface area (TPSA) is 55.1 Å². The first-order valence-corrected chi connectivity index (χ1v) is 5.99. The molecule has 0 unspecified atom stereocenters. The van der Waals surface area contributed by atoms with Gasteiger partial charge in [0.25, 0.3) is 0 Å². The highest BCUT2D eigenvalue weighted by molar-refractivity contribution is 5.68. The zero-order valence-electron chi connectivity index (χ0n) is 10.9. The van der Waals surface area contributed by atoms with E-state index in [2.05, 4.69) is 5.10 Å². The van der Waals surface area contributed by atoms with E-state index < -0.39 is 5.97 Å². The zero-order chi connectivity index (χ0) is 14.0. The Morgan fingerprint density at radius 2 is 2.00 bits per heavy atom. The van der Waals surface area contributed by atoms with Crippen molar-refractivity contribution in [2.75, 3.05) is 0 Å². The van der Waals surface area contributed by atoms with Crippen LogP contribution in [0.1, 0.15) is 17.7 Å². The second-order valence-electron chi connectivity index (χ2n) is 4.44. The molecule has 1 aromatic heterocycles. The van der Waals surface area contributed by atoms with Crippen LogP contribution >= 0.6 is 0 Å². The average molecular weight is 262 g/mol. The third-order valence-corrected chi connectivity index (χ3v) is 3.08. The Kier molecular flexibility index (Phi) is 3.64. The number of benzene rings is 1. The van der Waals surface area contributed by atoms with Gasteiger partial charge < -0.3 is 5.11 Å². The minimum atomic E-state index is -0.839. The molecule has 4 nitrogen and oxygen atoms in total. The van der Waals surface area contributed by atoms with Crippen LogP contribution in [0.4, 0.5) is 4.39 Å². The highest BCUT2D eigenvalue weighted by atomic mass is 19.1. The van der Waals surface area contributed by atoms with Gasteiger partial charge >= 0.3 is 5.97 Å². The number of hydrogen-bond acceptors (Lipinski definition) is 2. The molecule has 0 bridgehead atoms. The number of nitrogens with zero attached hydrogens (tertiary/aromatic N) is 2. The summed E-state index contributed by atoms with van der Waals surface area (Å²) in [7, 11) is 1.80. The quantitative estimate of drug-likeness (QED) is 0.921. The number of rotatable bonds is 4. The van der Waals surface area contributed by atoms with Crippen molar-refractivity contribution < 1.29 is 14.3 Å². The maximum Gasteiger partial charge on any atom is 0.303 e. The Morgan fingerprint density at radius 1 is 1.37 bits per heavy atom. The van der Waals surface area contributed by atoms with E-state index in [9.17, 15) is 9.18 Å². The fraction of sp³-hybridized carbons (Fsp3) is 0.286. The molecule has 2 rings (SSSR count). The van der Waals surface area contributed by atoms with Crippen molar-refractivity contribution in [2.45, 2.75) is 19.8 Å². The first kappa shape index (κ1) is 13.3. The van der Waals surface area contributed by atoms with Gasteiger partial charge in [-0.3, -0.25) is 9.48 Å². The van der Waals surface area contributed by atoms with Crippen LogP contribution in [-0.2, 0) is 18.3 Å². The summed E-state index contributed by atoms with van der Waals surface area (Å²) < 4.78 is 14.6. The summed E-state index contributed by atoms with van der Waals surface area (Å²) in [6.07, 6.45) is 0.455. The van der Waals surface area contributed by atoms with E-state index in [1.165, 1.54) is 12.1 Å². The van der Waals surface area contributed by atoms with Crippen LogP contribution in [0.15, 0.2) is 24.3 Å². The Balaban J connectivity index is 2.36. The zero-order valence-corrected chi connectivity index (χ0v) is 10.9. The van der Waals surface area contributed by atoms with E-state index in [-0.39, 0.29) is 12.2 Å². The first-order valence-electron chi connectivity index (χ1n) is 5.99. The van der Waals surface area contributed by atoms with E-state index in [0.717, 1.165) is 22.5 Å². The minimum Gasteiger partial charge on any atom is -0.481 e. The van der Waals surface area contributed by atoms with Gasteiger partial charge in [0.05, 0.1) is 17.8 Å². The lowest BCUT2D eigenvalue weighted by atomic mass is 10.0. The number of halogens is 1. The molecule has 1 N–H and O–H groups in total. The molecule has 19 heavy (non-hydrogen) atoms. The Labute approximate surface area is 110 Å². The number of carboxylic acid groups (broad SMARTS) is 1. The summed E-state index contributed by atoms with van der Waals surface area (Å²) >= 11 is 0. The number of carboxylic acids is 1. The average Bonchev–Trinajstić information content (AvgIpc) is 2.63. The maximum atomic E-state index is 12.9. The van der Waals surface area contributed by atoms with Gasteiger partial charge in [-0.15, -0.1) is 0 Å². The van der Waals surface area contributed by atoms with Crippen molar-refractivity contribution in [1.29, 1.82) is 0 Å². The van der Waals surface area contributed by atoms with E-state index in [1.54, 1.807) is 23.9 Å². The summed E-state index contributed by atoms with van der Waals surface area (Å²) in [6.45, 7) is 1.91. The Hall–Kier alpha value is -2.17. The molecule has 0 saturated carbocycles. The van der Waals surface area contributed by atoms with Gasteiger partial charge in [-0.2, -0.15) is 5.10 Å². The van der Waals surface area contributed by atoms with Crippen molar-refractivity contribution in [2.24, 2.45) is 7.05 Å². The van der Waals surface area contributed by atoms with Gasteiger partial charge in [-0.1, -0.05) is 0 Å². The normalized spacial score (nSPS) is 10.7. The number of aryl methyl sites for hydroxylation is 2. The second-order valence-corrected chi connectivity index (χ2v) is 4.44. The van der Waals surface area contributed by atoms with E-state index in [1.807, 2.05) is 6.92 Å². The molecule has 0 saturated heterocycles. The fourth-order valence-corrected chi connectivity index (χ4v) is 2.16. The molecule has 0 spiro atoms. The Bertz CT molecular complexity index is 603. The highest BCUT2D eigenvalue weighted by Crippen LogP contribution is 2.26. The highest BCUT2D eigenvalue weighted by Gasteiger charge is 2.14. The van der Waals surface area contributed by atoms with Crippen LogP contribution < -0.4 is 0 Å². The van der Waals surface area contributed by atoms with E-state index >= 15 is 0 Å². The lowest BCUT2D eigenvalue weighted by molar-refractivity contribution is -0.136. The smallest absolute Gasteiger partial charge is 0.303 e. The third kappa shape index (κ3) is 2.81. The molecule has 0 atom stereocenters. The van der Waals surface area contributed by atoms with Gasteiger partial charge in [-0.25, -0.2) is 4.39 Å². The second kappa shape index (κ2) is 5.22. The molecule has 0 aliphatic rings. The predicted molar refractivity (Wildman–Crippen MR) is 69.3 cm³/mol. The molecule has 100 valence electrons. The van der Waals surface area contributed by atoms with Crippen molar-refractivity contribution in [1.82, 2.24) is 9.78 Å². The summed E-state index contributed by atoms with van der Waals surface area (Å²) in [6, 6.07) is 6.19.